The van der Waals surface area contributed by atoms with Crippen LogP contribution < -0.4 is 0 Å². The molecule has 1 unspecified atom stereocenters. The predicted molar refractivity (Wildman–Crippen MR) is 92.4 cm³/mol. The van der Waals surface area contributed by atoms with Crippen LogP contribution in [0.15, 0.2) is 24.3 Å². The average molecular weight is 352 g/mol. The van der Waals surface area contributed by atoms with Crippen LogP contribution in [0, 0.1) is 0 Å². The van der Waals surface area contributed by atoms with Crippen LogP contribution >= 0.6 is 22.9 Å². The lowest BCUT2D eigenvalue weighted by Gasteiger charge is -2.18. The van der Waals surface area contributed by atoms with Crippen LogP contribution in [-0.4, -0.2) is 0 Å². The van der Waals surface area contributed by atoms with Gasteiger partial charge in [0.05, 0.1) is 10.5 Å². The topological polar surface area (TPSA) is 0 Å². The third-order valence-electron chi connectivity index (χ3n) is 3.58. The van der Waals surface area contributed by atoms with Gasteiger partial charge in [-0.2, -0.15) is 0 Å². The van der Waals surface area contributed by atoms with Gasteiger partial charge in [0, 0.05) is 22.9 Å². The van der Waals surface area contributed by atoms with E-state index in [4.69, 9.17) is 0 Å². The Morgan fingerprint density at radius 2 is 1.36 bits per heavy atom. The standard InChI is InChI=1S/C17H22F3S.ClH/c1-15(2,3)12-8-7-11-9-14(16(4,5)6)21(13(11)10-12)17(18,19)20;/h7-10H,1-6H3;1H/q+1;. The highest BCUT2D eigenvalue weighted by Crippen LogP contribution is 2.54. The number of alkyl halides is 3. The molecule has 0 fully saturated rings. The molecule has 5 heteroatoms. The molecule has 22 heavy (non-hydrogen) atoms. The first-order chi connectivity index (χ1) is 9.32. The number of fused-ring (bicyclic) bond motifs is 1. The number of thiophene rings is 1. The van der Waals surface area contributed by atoms with Gasteiger partial charge in [0.15, 0.2) is 9.58 Å². The molecule has 1 atom stereocenters. The maximum Gasteiger partial charge on any atom is 0.600 e. The Hall–Kier alpha value is -0.740. The number of hydrogen-bond donors (Lipinski definition) is 0. The summed E-state index contributed by atoms with van der Waals surface area (Å²) in [5, 5.41) is 0.716. The summed E-state index contributed by atoms with van der Waals surface area (Å²) in [6, 6.07) is 7.26. The average Bonchev–Trinajstić information content (AvgIpc) is 2.64. The maximum atomic E-state index is 13.6. The van der Waals surface area contributed by atoms with E-state index in [0.717, 1.165) is 5.56 Å². The number of rotatable bonds is 0. The first kappa shape index (κ1) is 19.3. The molecule has 2 aromatic rings. The molecule has 2 rings (SSSR count). The van der Waals surface area contributed by atoms with Crippen molar-refractivity contribution in [1.82, 2.24) is 0 Å². The Balaban J connectivity index is 0.00000242. The zero-order valence-corrected chi connectivity index (χ0v) is 15.4. The van der Waals surface area contributed by atoms with Gasteiger partial charge in [-0.05, 0) is 17.0 Å². The molecular weight excluding hydrogens is 329 g/mol. The van der Waals surface area contributed by atoms with Gasteiger partial charge in [-0.3, -0.25) is 0 Å². The molecular formula is C17H23ClF3S+. The quantitative estimate of drug-likeness (QED) is 0.445. The molecule has 1 heterocycles. The van der Waals surface area contributed by atoms with Crippen molar-refractivity contribution in [3.05, 3.63) is 34.7 Å². The molecule has 0 saturated carbocycles. The summed E-state index contributed by atoms with van der Waals surface area (Å²) in [5.41, 5.74) is -3.91. The van der Waals surface area contributed by atoms with Crippen LogP contribution in [0.5, 0.6) is 0 Å². The Labute approximate surface area is 139 Å². The summed E-state index contributed by atoms with van der Waals surface area (Å²) in [7, 11) is -1.81. The predicted octanol–water partition coefficient (Wildman–Crippen LogP) is 7.08. The second-order valence-electron chi connectivity index (χ2n) is 7.51. The molecule has 0 bridgehead atoms. The van der Waals surface area contributed by atoms with Crippen molar-refractivity contribution in [3.8, 4) is 0 Å². The summed E-state index contributed by atoms with van der Waals surface area (Å²) < 4.78 is 41.3. The first-order valence-electron chi connectivity index (χ1n) is 6.99. The molecule has 0 spiro atoms. The molecule has 0 radical (unpaired) electrons. The van der Waals surface area contributed by atoms with Crippen molar-refractivity contribution < 1.29 is 13.2 Å². The summed E-state index contributed by atoms with van der Waals surface area (Å²) in [6.07, 6.45) is 0. The van der Waals surface area contributed by atoms with Gasteiger partial charge < -0.3 is 0 Å². The van der Waals surface area contributed by atoms with Gasteiger partial charge in [0.2, 0.25) is 0 Å². The Morgan fingerprint density at radius 3 is 1.77 bits per heavy atom. The van der Waals surface area contributed by atoms with Gasteiger partial charge in [-0.15, -0.1) is 25.6 Å². The third-order valence-corrected chi connectivity index (χ3v) is 6.00. The van der Waals surface area contributed by atoms with Crippen molar-refractivity contribution in [2.45, 2.75) is 57.9 Å². The molecule has 1 aromatic heterocycles. The molecule has 0 aliphatic rings. The van der Waals surface area contributed by atoms with Crippen LogP contribution in [0.25, 0.3) is 10.1 Å². The van der Waals surface area contributed by atoms with Crippen LogP contribution in [0.4, 0.5) is 13.2 Å². The van der Waals surface area contributed by atoms with Gasteiger partial charge in [0.1, 0.15) is 0 Å². The molecule has 0 saturated heterocycles. The monoisotopic (exact) mass is 351 g/mol. The molecule has 1 aromatic carbocycles. The van der Waals surface area contributed by atoms with E-state index in [1.165, 1.54) is 0 Å². The SMILES string of the molecule is CC(C)(C)c1ccc2cc(C(C)(C)C)[s+](C(F)(F)F)c2c1.Cl. The molecule has 124 valence electrons. The third kappa shape index (κ3) is 3.60. The van der Waals surface area contributed by atoms with E-state index in [0.29, 0.717) is 15.0 Å². The van der Waals surface area contributed by atoms with E-state index < -0.39 is 21.4 Å². The lowest BCUT2D eigenvalue weighted by molar-refractivity contribution is -0.0869. The Bertz CT molecular complexity index is 670. The van der Waals surface area contributed by atoms with Gasteiger partial charge in [0.25, 0.3) is 0 Å². The molecule has 0 N–H and O–H groups in total. The van der Waals surface area contributed by atoms with Crippen LogP contribution in [0.2, 0.25) is 0 Å². The molecule has 0 aliphatic carbocycles. The minimum absolute atomic E-state index is 0. The summed E-state index contributed by atoms with van der Waals surface area (Å²) >= 11 is 0. The van der Waals surface area contributed by atoms with Crippen LogP contribution in [0.1, 0.15) is 52.0 Å². The Morgan fingerprint density at radius 1 is 0.818 bits per heavy atom. The second-order valence-corrected chi connectivity index (χ2v) is 9.47. The van der Waals surface area contributed by atoms with Crippen molar-refractivity contribution in [2.75, 3.05) is 0 Å². The smallest absolute Gasteiger partial charge is 0.147 e. The number of halogens is 4. The fourth-order valence-corrected chi connectivity index (χ4v) is 4.59. The van der Waals surface area contributed by atoms with Crippen molar-refractivity contribution in [3.63, 3.8) is 0 Å². The Kier molecular flexibility index (Phi) is 5.02. The largest absolute Gasteiger partial charge is 0.600 e. The highest BCUT2D eigenvalue weighted by atomic mass is 35.5. The van der Waals surface area contributed by atoms with Crippen molar-refractivity contribution >= 4 is 33.0 Å². The van der Waals surface area contributed by atoms with E-state index in [1.807, 2.05) is 53.7 Å². The second kappa shape index (κ2) is 5.72. The minimum Gasteiger partial charge on any atom is -0.147 e. The van der Waals surface area contributed by atoms with Crippen LogP contribution in [-0.2, 0) is 16.3 Å². The summed E-state index contributed by atoms with van der Waals surface area (Å²) in [6.45, 7) is 11.6. The maximum absolute atomic E-state index is 13.6. The first-order valence-corrected chi connectivity index (χ1v) is 8.22. The normalized spacial score (nSPS) is 14.1. The van der Waals surface area contributed by atoms with E-state index in [1.54, 1.807) is 12.1 Å². The number of benzene rings is 1. The highest BCUT2D eigenvalue weighted by molar-refractivity contribution is 7.38. The molecule has 0 aliphatic heterocycles. The summed E-state index contributed by atoms with van der Waals surface area (Å²) in [4.78, 5) is 0.482. The molecule has 0 nitrogen and oxygen atoms in total. The van der Waals surface area contributed by atoms with Gasteiger partial charge in [-0.25, -0.2) is 0 Å². The molecule has 0 amide bonds. The van der Waals surface area contributed by atoms with Crippen molar-refractivity contribution in [1.29, 1.82) is 0 Å². The van der Waals surface area contributed by atoms with E-state index in [9.17, 15) is 13.2 Å². The highest BCUT2D eigenvalue weighted by Gasteiger charge is 2.50. The van der Waals surface area contributed by atoms with E-state index in [-0.39, 0.29) is 17.8 Å². The van der Waals surface area contributed by atoms with Crippen LogP contribution in [0.3, 0.4) is 0 Å². The zero-order chi connectivity index (χ0) is 16.2. The lowest BCUT2D eigenvalue weighted by atomic mass is 9.87. The lowest BCUT2D eigenvalue weighted by Crippen LogP contribution is -2.12. The van der Waals surface area contributed by atoms with Crippen molar-refractivity contribution in [2.24, 2.45) is 0 Å². The summed E-state index contributed by atoms with van der Waals surface area (Å²) in [5.74, 6) is 0. The van der Waals surface area contributed by atoms with Gasteiger partial charge >= 0.3 is 5.51 Å². The number of hydrogen-bond acceptors (Lipinski definition) is 0. The van der Waals surface area contributed by atoms with E-state index in [2.05, 4.69) is 0 Å². The zero-order valence-electron chi connectivity index (χ0n) is 13.8. The van der Waals surface area contributed by atoms with Gasteiger partial charge in [-0.1, -0.05) is 47.6 Å². The fraction of sp³-hybridized carbons (Fsp3) is 0.529. The minimum atomic E-state index is -4.22. The fourth-order valence-electron chi connectivity index (χ4n) is 2.39. The van der Waals surface area contributed by atoms with E-state index >= 15 is 0 Å².